The molecule has 0 saturated heterocycles. The van der Waals surface area contributed by atoms with E-state index in [-0.39, 0.29) is 58.0 Å². The van der Waals surface area contributed by atoms with Gasteiger partial charge in [-0.1, -0.05) is 90.4 Å². The fourth-order valence-corrected chi connectivity index (χ4v) is 8.58. The first-order valence-corrected chi connectivity index (χ1v) is 29.6. The number of carbonyl (C=O) groups is 11. The van der Waals surface area contributed by atoms with Crippen LogP contribution in [-0.4, -0.2) is 202 Å². The number of amides is 10. The molecule has 2 rings (SSSR count). The third kappa shape index (κ3) is 34.3. The summed E-state index contributed by atoms with van der Waals surface area (Å²) in [4.78, 5) is 147. The van der Waals surface area contributed by atoms with E-state index in [9.17, 15) is 63.0 Å². The number of likely N-dealkylation sites (N-methyl/N-ethyl adjacent to an activating group) is 1. The summed E-state index contributed by atoms with van der Waals surface area (Å²) in [5.74, 6) is -7.93. The van der Waals surface area contributed by atoms with Gasteiger partial charge in [0.2, 0.25) is 59.1 Å². The summed E-state index contributed by atoms with van der Waals surface area (Å²) in [5.41, 5.74) is 11.5. The van der Waals surface area contributed by atoms with E-state index in [0.717, 1.165) is 50.8 Å². The molecule has 0 aliphatic carbocycles. The van der Waals surface area contributed by atoms with Gasteiger partial charge in [-0.2, -0.15) is 0 Å². The highest BCUT2D eigenvalue weighted by Crippen LogP contribution is 2.14. The number of tetrazole rings is 1. The molecule has 10 amide bonds. The normalized spacial score (nSPS) is 13.1. The molecule has 0 unspecified atom stereocenters. The number of carboxylic acids is 1. The molecular weight excluding hydrogens is 1130 g/mol. The molecule has 86 heavy (non-hydrogen) atoms. The molecule has 2 aromatic heterocycles. The van der Waals surface area contributed by atoms with Crippen molar-refractivity contribution < 1.29 is 72.4 Å². The quantitative estimate of drug-likeness (QED) is 0.0301. The van der Waals surface area contributed by atoms with Crippen LogP contribution in [0.2, 0.25) is 0 Å². The third-order valence-corrected chi connectivity index (χ3v) is 13.4. The lowest BCUT2D eigenvalue weighted by Gasteiger charge is -2.26. The van der Waals surface area contributed by atoms with E-state index in [1.165, 1.54) is 64.5 Å². The largest absolute Gasteiger partial charge is 0.481 e. The van der Waals surface area contributed by atoms with Crippen molar-refractivity contribution >= 4 is 65.0 Å². The lowest BCUT2D eigenvalue weighted by molar-refractivity contribution is -0.138. The minimum Gasteiger partial charge on any atom is -0.481 e. The maximum absolute atomic E-state index is 13.8. The molecule has 0 aliphatic rings. The topological polar surface area (TPSA) is 490 Å². The van der Waals surface area contributed by atoms with Gasteiger partial charge in [0.25, 0.3) is 0 Å². The third-order valence-electron chi connectivity index (χ3n) is 13.4. The number of hydrogen-bond acceptors (Lipinski definition) is 19. The number of ether oxygens (including phenoxy) is 2. The number of aromatic nitrogens is 6. The SMILES string of the molecule is CCCC[C@H](NC(=O)[C@H](CN)NC(=O)[C@H](Cc1c[nH]cn1)NC(=O)[C@H](CCC(N)=O)NC(=O)[C@H](CO)NC(=O)CNC(=O)COCCOCCNC(=O)[C@@H](CCC(=O)O)NC(=O)CCCCCCCCCCCCCCCc1nnn[nH]1)C(=O)NC. The summed E-state index contributed by atoms with van der Waals surface area (Å²) in [6, 6.07) is -8.04. The smallest absolute Gasteiger partial charge is 0.303 e. The Morgan fingerprint density at radius 1 is 0.593 bits per heavy atom. The summed E-state index contributed by atoms with van der Waals surface area (Å²) in [6.07, 6.45) is 18.3. The summed E-state index contributed by atoms with van der Waals surface area (Å²) in [7, 11) is 1.41. The number of nitrogens with one attached hydrogen (secondary N) is 11. The van der Waals surface area contributed by atoms with Gasteiger partial charge in [0.05, 0.1) is 45.0 Å². The van der Waals surface area contributed by atoms with Gasteiger partial charge in [0.1, 0.15) is 48.7 Å². The van der Waals surface area contributed by atoms with Crippen LogP contribution in [0.25, 0.3) is 0 Å². The zero-order valence-corrected chi connectivity index (χ0v) is 49.7. The van der Waals surface area contributed by atoms with Gasteiger partial charge in [0, 0.05) is 58.4 Å². The molecule has 2 aromatic rings. The molecule has 0 fully saturated rings. The highest BCUT2D eigenvalue weighted by Gasteiger charge is 2.33. The van der Waals surface area contributed by atoms with Gasteiger partial charge in [0.15, 0.2) is 0 Å². The second-order valence-corrected chi connectivity index (χ2v) is 20.5. The fraction of sp³-hybridized carbons (Fsp3) is 0.722. The van der Waals surface area contributed by atoms with E-state index < -0.39 is 135 Å². The summed E-state index contributed by atoms with van der Waals surface area (Å²) in [6.45, 7) is -0.693. The van der Waals surface area contributed by atoms with Gasteiger partial charge in [-0.15, -0.1) is 5.10 Å². The number of imidazole rings is 1. The zero-order valence-electron chi connectivity index (χ0n) is 49.7. The Hall–Kier alpha value is -7.71. The molecule has 0 spiro atoms. The van der Waals surface area contributed by atoms with Crippen LogP contribution < -0.4 is 59.3 Å². The Labute approximate surface area is 500 Å². The number of rotatable bonds is 51. The maximum Gasteiger partial charge on any atom is 0.303 e. The average molecular weight is 1220 g/mol. The van der Waals surface area contributed by atoms with Crippen molar-refractivity contribution in [2.75, 3.05) is 59.7 Å². The van der Waals surface area contributed by atoms with Crippen LogP contribution in [0, 0.1) is 0 Å². The summed E-state index contributed by atoms with van der Waals surface area (Å²) >= 11 is 0. The van der Waals surface area contributed by atoms with Crippen molar-refractivity contribution in [1.29, 1.82) is 0 Å². The number of aromatic amines is 2. The van der Waals surface area contributed by atoms with Gasteiger partial charge < -0.3 is 84.0 Å². The number of hydrogen-bond donors (Lipinski definition) is 15. The van der Waals surface area contributed by atoms with E-state index in [4.69, 9.17) is 20.9 Å². The molecule has 32 heteroatoms. The molecule has 0 saturated carbocycles. The van der Waals surface area contributed by atoms with Crippen molar-refractivity contribution in [3.63, 3.8) is 0 Å². The first-order chi connectivity index (χ1) is 41.4. The van der Waals surface area contributed by atoms with E-state index in [0.29, 0.717) is 25.0 Å². The Morgan fingerprint density at radius 3 is 1.73 bits per heavy atom. The van der Waals surface area contributed by atoms with Crippen LogP contribution in [-0.2, 0) is 75.1 Å². The van der Waals surface area contributed by atoms with Gasteiger partial charge in [-0.05, 0) is 42.5 Å². The predicted molar refractivity (Wildman–Crippen MR) is 309 cm³/mol. The maximum atomic E-state index is 13.8. The molecule has 17 N–H and O–H groups in total. The Morgan fingerprint density at radius 2 is 1.15 bits per heavy atom. The molecule has 0 bridgehead atoms. The lowest BCUT2D eigenvalue weighted by atomic mass is 10.0. The average Bonchev–Trinajstić information content (AvgIpc) is 4.31. The predicted octanol–water partition coefficient (Wildman–Crippen LogP) is -2.64. The number of primary amides is 1. The summed E-state index contributed by atoms with van der Waals surface area (Å²) < 4.78 is 10.7. The molecule has 0 radical (unpaired) electrons. The number of nitrogens with zero attached hydrogens (tertiary/aromatic N) is 4. The Balaban J connectivity index is 1.73. The van der Waals surface area contributed by atoms with E-state index in [1.54, 1.807) is 0 Å². The first kappa shape index (κ1) is 74.4. The molecule has 32 nitrogen and oxygen atoms in total. The Bertz CT molecular complexity index is 2330. The van der Waals surface area contributed by atoms with Crippen LogP contribution >= 0.6 is 0 Å². The number of nitrogens with two attached hydrogens (primary N) is 2. The van der Waals surface area contributed by atoms with Crippen LogP contribution in [0.4, 0.5) is 0 Å². The molecule has 2 heterocycles. The van der Waals surface area contributed by atoms with Gasteiger partial charge in [-0.3, -0.25) is 52.7 Å². The number of aliphatic hydroxyl groups is 1. The highest BCUT2D eigenvalue weighted by atomic mass is 16.5. The van der Waals surface area contributed by atoms with Gasteiger partial charge >= 0.3 is 5.97 Å². The van der Waals surface area contributed by atoms with Gasteiger partial charge in [-0.25, -0.2) is 10.1 Å². The number of aliphatic hydroxyl groups excluding tert-OH is 1. The van der Waals surface area contributed by atoms with Crippen LogP contribution in [0.15, 0.2) is 12.5 Å². The second kappa shape index (κ2) is 45.6. The second-order valence-electron chi connectivity index (χ2n) is 20.5. The number of aryl methyl sites for hydroxylation is 1. The minimum atomic E-state index is -1.68. The highest BCUT2D eigenvalue weighted by molar-refractivity contribution is 5.97. The van der Waals surface area contributed by atoms with Crippen molar-refractivity contribution in [2.45, 2.75) is 191 Å². The molecule has 0 aliphatic heterocycles. The first-order valence-electron chi connectivity index (χ1n) is 29.6. The minimum absolute atomic E-state index is 0.00698. The van der Waals surface area contributed by atoms with Crippen LogP contribution in [0.1, 0.15) is 153 Å². The van der Waals surface area contributed by atoms with Crippen molar-refractivity contribution in [2.24, 2.45) is 11.5 Å². The Kier molecular flexibility index (Phi) is 39.5. The van der Waals surface area contributed by atoms with Crippen molar-refractivity contribution in [3.05, 3.63) is 24.0 Å². The fourth-order valence-electron chi connectivity index (χ4n) is 8.58. The zero-order chi connectivity index (χ0) is 63.3. The summed E-state index contributed by atoms with van der Waals surface area (Å²) in [5, 5.41) is 55.2. The number of H-pyrrole nitrogens is 2. The monoisotopic (exact) mass is 1220 g/mol. The van der Waals surface area contributed by atoms with Crippen LogP contribution in [0.3, 0.4) is 0 Å². The van der Waals surface area contributed by atoms with Crippen molar-refractivity contribution in [1.82, 2.24) is 78.4 Å². The van der Waals surface area contributed by atoms with E-state index >= 15 is 0 Å². The molecule has 0 aromatic carbocycles. The number of carbonyl (C=O) groups excluding carboxylic acids is 10. The van der Waals surface area contributed by atoms with E-state index in [2.05, 4.69) is 78.4 Å². The molecular formula is C54H93N17O15. The standard InChI is InChI=1S/C54H93N17O15/c1-3-4-18-37(49(79)57-2)64-53(83)41(30-55)67-52(82)40(29-36-31-58-35-61-36)66-51(81)39(21-23-43(56)73)65-54(84)42(33-72)63-46(75)32-60-47(76)34-86-28-27-85-26-25-59-50(80)38(22-24-48(77)78)62-45(74)20-17-15-13-11-9-7-5-6-8-10-12-14-16-19-44-68-70-71-69-44/h31,35,37-42,72H,3-30,32-34,55H2,1-2H3,(H2,56,73)(H,57,79)(H,58,61)(H,59,80)(H,60,76)(H,62,74)(H,63,75)(H,64,83)(H,65,84)(H,66,81)(H,67,82)(H,77,78)(H,68,69,70,71)/t37-,38+,39-,40-,41-,42-/m0/s1. The number of unbranched alkanes of at least 4 members (excludes halogenated alkanes) is 13. The molecule has 6 atom stereocenters. The molecule has 484 valence electrons. The lowest BCUT2D eigenvalue weighted by Crippen LogP contribution is -2.61. The van der Waals surface area contributed by atoms with Crippen LogP contribution in [0.5, 0.6) is 0 Å². The number of aliphatic carboxylic acids is 1. The number of carboxylic acid groups (broad SMARTS) is 1. The van der Waals surface area contributed by atoms with E-state index in [1.807, 2.05) is 6.92 Å². The van der Waals surface area contributed by atoms with Crippen molar-refractivity contribution in [3.8, 4) is 0 Å².